The van der Waals surface area contributed by atoms with Crippen LogP contribution in [0.3, 0.4) is 0 Å². The molecule has 0 aliphatic carbocycles. The van der Waals surface area contributed by atoms with Gasteiger partial charge in [0, 0.05) is 11.8 Å². The Balaban J connectivity index is 1.84. The zero-order valence-corrected chi connectivity index (χ0v) is 14.7. The first-order valence-corrected chi connectivity index (χ1v) is 8.60. The second-order valence-electron chi connectivity index (χ2n) is 7.22. The van der Waals surface area contributed by atoms with Crippen molar-refractivity contribution in [3.63, 3.8) is 0 Å². The van der Waals surface area contributed by atoms with Gasteiger partial charge in [-0.2, -0.15) is 0 Å². The van der Waals surface area contributed by atoms with Gasteiger partial charge in [-0.1, -0.05) is 23.8 Å². The van der Waals surface area contributed by atoms with Gasteiger partial charge in [0.05, 0.1) is 25.2 Å². The molecule has 3 aliphatic rings. The number of ether oxygens (including phenoxy) is 2. The van der Waals surface area contributed by atoms with Crippen LogP contribution in [0.25, 0.3) is 0 Å². The van der Waals surface area contributed by atoms with Crippen LogP contribution in [0, 0.1) is 11.8 Å². The second-order valence-corrected chi connectivity index (χ2v) is 7.22. The molecule has 6 nitrogen and oxygen atoms in total. The fourth-order valence-electron chi connectivity index (χ4n) is 4.58. The van der Waals surface area contributed by atoms with Gasteiger partial charge in [-0.3, -0.25) is 9.59 Å². The molecule has 0 aromatic heterocycles. The Morgan fingerprint density at radius 2 is 2.23 bits per heavy atom. The first kappa shape index (κ1) is 16.8. The van der Waals surface area contributed by atoms with Crippen molar-refractivity contribution in [1.29, 1.82) is 0 Å². The summed E-state index contributed by atoms with van der Waals surface area (Å²) in [5.41, 5.74) is 0.659. The molecular formula is C20H21NO5. The summed E-state index contributed by atoms with van der Waals surface area (Å²) in [4.78, 5) is 26.9. The fraction of sp³-hybridized carbons (Fsp3) is 0.400. The molecule has 2 fully saturated rings. The largest absolute Gasteiger partial charge is 0.497 e. The van der Waals surface area contributed by atoms with Crippen LogP contribution in [0.4, 0.5) is 5.69 Å². The zero-order valence-electron chi connectivity index (χ0n) is 14.7. The van der Waals surface area contributed by atoms with Gasteiger partial charge < -0.3 is 19.5 Å². The lowest BCUT2D eigenvalue weighted by atomic mass is 9.74. The minimum Gasteiger partial charge on any atom is -0.497 e. The monoisotopic (exact) mass is 355 g/mol. The number of fused-ring (bicyclic) bond motifs is 1. The highest BCUT2D eigenvalue weighted by Crippen LogP contribution is 2.56. The van der Waals surface area contributed by atoms with E-state index in [1.54, 1.807) is 30.2 Å². The molecule has 0 unspecified atom stereocenters. The van der Waals surface area contributed by atoms with Crippen LogP contribution in [0.5, 0.6) is 5.75 Å². The fourth-order valence-corrected chi connectivity index (χ4v) is 4.58. The maximum atomic E-state index is 13.4. The number of carbonyl (C=O) groups is 2. The second kappa shape index (κ2) is 5.71. The Kier molecular flexibility index (Phi) is 3.70. The molecule has 2 saturated heterocycles. The summed E-state index contributed by atoms with van der Waals surface area (Å²) in [6, 6.07) is 6.89. The van der Waals surface area contributed by atoms with Crippen LogP contribution in [0.15, 0.2) is 48.6 Å². The Morgan fingerprint density at radius 1 is 1.46 bits per heavy atom. The van der Waals surface area contributed by atoms with Crippen molar-refractivity contribution in [3.8, 4) is 5.75 Å². The quantitative estimate of drug-likeness (QED) is 0.821. The number of carboxylic acid groups (broad SMARTS) is 1. The van der Waals surface area contributed by atoms with Crippen molar-refractivity contribution < 1.29 is 24.2 Å². The molecule has 1 N–H and O–H groups in total. The highest BCUT2D eigenvalue weighted by molar-refractivity contribution is 6.03. The van der Waals surface area contributed by atoms with E-state index in [1.807, 2.05) is 25.1 Å². The third kappa shape index (κ3) is 2.15. The lowest BCUT2D eigenvalue weighted by Gasteiger charge is -2.33. The van der Waals surface area contributed by atoms with Crippen molar-refractivity contribution >= 4 is 17.6 Å². The minimum atomic E-state index is -0.999. The summed E-state index contributed by atoms with van der Waals surface area (Å²) in [6.07, 6.45) is 3.64. The third-order valence-corrected chi connectivity index (χ3v) is 5.58. The number of anilines is 1. The smallest absolute Gasteiger partial charge is 0.310 e. The summed E-state index contributed by atoms with van der Waals surface area (Å²) >= 11 is 0. The summed E-state index contributed by atoms with van der Waals surface area (Å²) < 4.78 is 11.4. The number of aliphatic carboxylic acids is 1. The van der Waals surface area contributed by atoms with Gasteiger partial charge in [0.1, 0.15) is 17.3 Å². The van der Waals surface area contributed by atoms with E-state index >= 15 is 0 Å². The lowest BCUT2D eigenvalue weighted by Crippen LogP contribution is -2.45. The van der Waals surface area contributed by atoms with Gasteiger partial charge in [0.25, 0.3) is 0 Å². The summed E-state index contributed by atoms with van der Waals surface area (Å²) in [5, 5.41) is 9.68. The molecule has 26 heavy (non-hydrogen) atoms. The van der Waals surface area contributed by atoms with E-state index in [4.69, 9.17) is 9.47 Å². The van der Waals surface area contributed by atoms with Crippen molar-refractivity contribution in [3.05, 3.63) is 48.6 Å². The molecule has 136 valence electrons. The predicted molar refractivity (Wildman–Crippen MR) is 95.1 cm³/mol. The molecule has 2 bridgehead atoms. The highest BCUT2D eigenvalue weighted by Gasteiger charge is 2.71. The Labute approximate surface area is 151 Å². The SMILES string of the molecule is C=C(C)C[C@H]1N(c2cccc(OC)c2)C(=O)[C@@H]2[C@@H](C(=O)O)[C@H]3C=C[C@]21O3. The van der Waals surface area contributed by atoms with Crippen molar-refractivity contribution in [1.82, 2.24) is 0 Å². The molecule has 6 heteroatoms. The van der Waals surface area contributed by atoms with Crippen molar-refractivity contribution in [2.75, 3.05) is 12.0 Å². The molecular weight excluding hydrogens is 334 g/mol. The van der Waals surface area contributed by atoms with Crippen LogP contribution in [-0.2, 0) is 14.3 Å². The Morgan fingerprint density at radius 3 is 2.88 bits per heavy atom. The highest BCUT2D eigenvalue weighted by atomic mass is 16.5. The number of rotatable bonds is 5. The average Bonchev–Trinajstić information content (AvgIpc) is 3.24. The van der Waals surface area contributed by atoms with E-state index in [2.05, 4.69) is 6.58 Å². The van der Waals surface area contributed by atoms with Crippen LogP contribution in [0.1, 0.15) is 13.3 Å². The average molecular weight is 355 g/mol. The normalized spacial score (nSPS) is 34.2. The van der Waals surface area contributed by atoms with Gasteiger partial charge in [0.2, 0.25) is 5.91 Å². The molecule has 0 radical (unpaired) electrons. The van der Waals surface area contributed by atoms with E-state index in [1.165, 1.54) is 0 Å². The lowest BCUT2D eigenvalue weighted by molar-refractivity contribution is -0.146. The van der Waals surface area contributed by atoms with E-state index in [0.717, 1.165) is 5.57 Å². The van der Waals surface area contributed by atoms with Gasteiger partial charge in [-0.25, -0.2) is 0 Å². The van der Waals surface area contributed by atoms with Gasteiger partial charge >= 0.3 is 5.97 Å². The zero-order chi connectivity index (χ0) is 18.6. The maximum absolute atomic E-state index is 13.4. The first-order chi connectivity index (χ1) is 12.4. The Bertz CT molecular complexity index is 831. The summed E-state index contributed by atoms with van der Waals surface area (Å²) in [6.45, 7) is 5.89. The number of carbonyl (C=O) groups excluding carboxylic acids is 1. The molecule has 5 atom stereocenters. The van der Waals surface area contributed by atoms with Gasteiger partial charge in [-0.15, -0.1) is 6.58 Å². The summed E-state index contributed by atoms with van der Waals surface area (Å²) in [7, 11) is 1.57. The van der Waals surface area contributed by atoms with Crippen molar-refractivity contribution in [2.45, 2.75) is 31.1 Å². The Hall–Kier alpha value is -2.60. The number of amides is 1. The standard InChI is InChI=1S/C20H21NO5/c1-11(2)9-15-20-8-7-14(26-20)16(19(23)24)17(20)18(22)21(15)12-5-4-6-13(10-12)25-3/h4-8,10,14-17H,1,9H2,2-3H3,(H,23,24)/t14-,15-,16+,17+,20-/m1/s1. The molecule has 0 saturated carbocycles. The van der Waals surface area contributed by atoms with Crippen LogP contribution < -0.4 is 9.64 Å². The summed E-state index contributed by atoms with van der Waals surface area (Å²) in [5.74, 6) is -2.18. The van der Waals surface area contributed by atoms with Crippen LogP contribution >= 0.6 is 0 Å². The molecule has 1 aromatic carbocycles. The first-order valence-electron chi connectivity index (χ1n) is 8.60. The number of carboxylic acids is 1. The van der Waals surface area contributed by atoms with Crippen molar-refractivity contribution in [2.24, 2.45) is 11.8 Å². The molecule has 1 aromatic rings. The number of nitrogens with zero attached hydrogens (tertiary/aromatic N) is 1. The van der Waals surface area contributed by atoms with E-state index < -0.39 is 29.5 Å². The van der Waals surface area contributed by atoms with Gasteiger partial charge in [-0.05, 0) is 25.5 Å². The molecule has 3 heterocycles. The predicted octanol–water partition coefficient (Wildman–Crippen LogP) is 2.40. The van der Waals surface area contributed by atoms with Crippen LogP contribution in [-0.4, -0.2) is 41.8 Å². The number of hydrogen-bond acceptors (Lipinski definition) is 4. The van der Waals surface area contributed by atoms with Crippen LogP contribution in [0.2, 0.25) is 0 Å². The topological polar surface area (TPSA) is 76.1 Å². The van der Waals surface area contributed by atoms with E-state index in [-0.39, 0.29) is 11.9 Å². The maximum Gasteiger partial charge on any atom is 0.310 e. The minimum absolute atomic E-state index is 0.219. The molecule has 4 rings (SSSR count). The number of benzene rings is 1. The van der Waals surface area contributed by atoms with E-state index in [9.17, 15) is 14.7 Å². The molecule has 1 spiro atoms. The third-order valence-electron chi connectivity index (χ3n) is 5.58. The molecule has 1 amide bonds. The van der Waals surface area contributed by atoms with E-state index in [0.29, 0.717) is 17.9 Å². The number of methoxy groups -OCH3 is 1. The molecule has 3 aliphatic heterocycles. The number of hydrogen-bond donors (Lipinski definition) is 1. The van der Waals surface area contributed by atoms with Gasteiger partial charge in [0.15, 0.2) is 0 Å².